The molecule has 0 bridgehead atoms. The summed E-state index contributed by atoms with van der Waals surface area (Å²) in [4.78, 5) is 0. The fraction of sp³-hybridized carbons (Fsp3) is 0.625. The van der Waals surface area contributed by atoms with E-state index in [0.29, 0.717) is 0 Å². The normalized spacial score (nSPS) is 11.0. The van der Waals surface area contributed by atoms with Gasteiger partial charge in [-0.2, -0.15) is 5.10 Å². The van der Waals surface area contributed by atoms with Gasteiger partial charge in [0, 0.05) is 27.0 Å². The fourth-order valence-corrected chi connectivity index (χ4v) is 1.15. The Bertz CT molecular complexity index is 231. The molecule has 0 atom stereocenters. The SMILES string of the molecule is CCn1nccc1C(OC)OC. The minimum absolute atomic E-state index is 0.313. The zero-order chi connectivity index (χ0) is 8.97. The number of rotatable bonds is 4. The molecule has 0 aliphatic rings. The van der Waals surface area contributed by atoms with E-state index >= 15 is 0 Å². The first-order valence-corrected chi connectivity index (χ1v) is 3.90. The van der Waals surface area contributed by atoms with E-state index in [4.69, 9.17) is 9.47 Å². The summed E-state index contributed by atoms with van der Waals surface area (Å²) in [5, 5.41) is 4.11. The Morgan fingerprint density at radius 2 is 2.17 bits per heavy atom. The average Bonchev–Trinajstić information content (AvgIpc) is 2.55. The van der Waals surface area contributed by atoms with E-state index in [1.807, 2.05) is 17.7 Å². The Hall–Kier alpha value is -0.870. The van der Waals surface area contributed by atoms with Gasteiger partial charge < -0.3 is 9.47 Å². The first kappa shape index (κ1) is 9.22. The molecule has 68 valence electrons. The van der Waals surface area contributed by atoms with Crippen LogP contribution in [0.3, 0.4) is 0 Å². The molecule has 4 nitrogen and oxygen atoms in total. The Morgan fingerprint density at radius 3 is 2.67 bits per heavy atom. The van der Waals surface area contributed by atoms with Crippen LogP contribution in [-0.2, 0) is 16.0 Å². The molecule has 0 saturated carbocycles. The zero-order valence-electron chi connectivity index (χ0n) is 7.65. The lowest BCUT2D eigenvalue weighted by Gasteiger charge is -2.14. The molecule has 0 amide bonds. The number of aryl methyl sites for hydroxylation is 1. The molecule has 0 aliphatic carbocycles. The second-order valence-corrected chi connectivity index (χ2v) is 2.38. The summed E-state index contributed by atoms with van der Waals surface area (Å²) in [6.45, 7) is 2.85. The highest BCUT2D eigenvalue weighted by atomic mass is 16.7. The first-order chi connectivity index (χ1) is 5.83. The molecule has 0 radical (unpaired) electrons. The van der Waals surface area contributed by atoms with Gasteiger partial charge in [0.2, 0.25) is 0 Å². The van der Waals surface area contributed by atoms with Crippen molar-refractivity contribution in [2.75, 3.05) is 14.2 Å². The lowest BCUT2D eigenvalue weighted by Crippen LogP contribution is -2.11. The van der Waals surface area contributed by atoms with Crippen molar-refractivity contribution in [3.8, 4) is 0 Å². The molecule has 0 saturated heterocycles. The summed E-state index contributed by atoms with van der Waals surface area (Å²) in [7, 11) is 3.22. The minimum atomic E-state index is -0.313. The van der Waals surface area contributed by atoms with Crippen LogP contribution in [0.15, 0.2) is 12.3 Å². The van der Waals surface area contributed by atoms with Crippen LogP contribution in [-0.4, -0.2) is 24.0 Å². The van der Waals surface area contributed by atoms with E-state index in [-0.39, 0.29) is 6.29 Å². The number of hydrogen-bond donors (Lipinski definition) is 0. The molecule has 0 aliphatic heterocycles. The van der Waals surface area contributed by atoms with Crippen LogP contribution in [0.5, 0.6) is 0 Å². The van der Waals surface area contributed by atoms with Gasteiger partial charge in [-0.3, -0.25) is 4.68 Å². The number of nitrogens with zero attached hydrogens (tertiary/aromatic N) is 2. The molecule has 0 N–H and O–H groups in total. The van der Waals surface area contributed by atoms with Crippen molar-refractivity contribution < 1.29 is 9.47 Å². The molecule has 0 fully saturated rings. The molecule has 1 heterocycles. The van der Waals surface area contributed by atoms with Gasteiger partial charge in [0.25, 0.3) is 0 Å². The van der Waals surface area contributed by atoms with E-state index in [1.165, 1.54) is 0 Å². The molecular formula is C8H14N2O2. The summed E-state index contributed by atoms with van der Waals surface area (Å²) in [5.74, 6) is 0. The van der Waals surface area contributed by atoms with Gasteiger partial charge in [-0.15, -0.1) is 0 Å². The molecule has 0 spiro atoms. The molecule has 0 unspecified atom stereocenters. The maximum Gasteiger partial charge on any atom is 0.200 e. The monoisotopic (exact) mass is 170 g/mol. The van der Waals surface area contributed by atoms with Crippen molar-refractivity contribution >= 4 is 0 Å². The summed E-state index contributed by atoms with van der Waals surface area (Å²) < 4.78 is 12.1. The predicted octanol–water partition coefficient (Wildman–Crippen LogP) is 1.19. The summed E-state index contributed by atoms with van der Waals surface area (Å²) in [6, 6.07) is 1.89. The van der Waals surface area contributed by atoms with Gasteiger partial charge in [-0.1, -0.05) is 0 Å². The standard InChI is InChI=1S/C8H14N2O2/c1-4-10-7(5-6-9-10)8(11-2)12-3/h5-6,8H,4H2,1-3H3. The molecule has 4 heteroatoms. The summed E-state index contributed by atoms with van der Waals surface area (Å²) in [5.41, 5.74) is 0.947. The van der Waals surface area contributed by atoms with Crippen molar-refractivity contribution in [2.45, 2.75) is 19.8 Å². The Morgan fingerprint density at radius 1 is 1.50 bits per heavy atom. The third-order valence-corrected chi connectivity index (χ3v) is 1.72. The maximum atomic E-state index is 5.10. The van der Waals surface area contributed by atoms with Crippen LogP contribution in [0.4, 0.5) is 0 Å². The van der Waals surface area contributed by atoms with E-state index < -0.39 is 0 Å². The van der Waals surface area contributed by atoms with Crippen LogP contribution >= 0.6 is 0 Å². The lowest BCUT2D eigenvalue weighted by molar-refractivity contribution is -0.111. The van der Waals surface area contributed by atoms with E-state index in [1.54, 1.807) is 20.4 Å². The van der Waals surface area contributed by atoms with Crippen molar-refractivity contribution in [2.24, 2.45) is 0 Å². The third kappa shape index (κ3) is 1.65. The van der Waals surface area contributed by atoms with Crippen molar-refractivity contribution in [1.29, 1.82) is 0 Å². The highest BCUT2D eigenvalue weighted by Crippen LogP contribution is 2.15. The zero-order valence-corrected chi connectivity index (χ0v) is 7.65. The van der Waals surface area contributed by atoms with E-state index in [9.17, 15) is 0 Å². The minimum Gasteiger partial charge on any atom is -0.350 e. The highest BCUT2D eigenvalue weighted by Gasteiger charge is 2.12. The Balaban J connectivity index is 2.83. The summed E-state index contributed by atoms with van der Waals surface area (Å²) >= 11 is 0. The average molecular weight is 170 g/mol. The Kier molecular flexibility index (Phi) is 3.25. The summed E-state index contributed by atoms with van der Waals surface area (Å²) in [6.07, 6.45) is 1.43. The fourth-order valence-electron chi connectivity index (χ4n) is 1.15. The molecule has 12 heavy (non-hydrogen) atoms. The van der Waals surface area contributed by atoms with Crippen molar-refractivity contribution in [3.05, 3.63) is 18.0 Å². The second-order valence-electron chi connectivity index (χ2n) is 2.38. The smallest absolute Gasteiger partial charge is 0.200 e. The lowest BCUT2D eigenvalue weighted by atomic mass is 10.4. The van der Waals surface area contributed by atoms with Gasteiger partial charge in [0.1, 0.15) is 0 Å². The van der Waals surface area contributed by atoms with Gasteiger partial charge in [-0.25, -0.2) is 0 Å². The van der Waals surface area contributed by atoms with Gasteiger partial charge in [-0.05, 0) is 13.0 Å². The van der Waals surface area contributed by atoms with Crippen molar-refractivity contribution in [3.63, 3.8) is 0 Å². The third-order valence-electron chi connectivity index (χ3n) is 1.72. The van der Waals surface area contributed by atoms with Crippen molar-refractivity contribution in [1.82, 2.24) is 9.78 Å². The van der Waals surface area contributed by atoms with Crippen LogP contribution < -0.4 is 0 Å². The number of methoxy groups -OCH3 is 2. The topological polar surface area (TPSA) is 36.3 Å². The van der Waals surface area contributed by atoms with Crippen LogP contribution in [0.1, 0.15) is 18.9 Å². The molecule has 1 rings (SSSR count). The first-order valence-electron chi connectivity index (χ1n) is 3.90. The second kappa shape index (κ2) is 4.23. The Labute approximate surface area is 72.1 Å². The highest BCUT2D eigenvalue weighted by molar-refractivity contribution is 5.02. The number of ether oxygens (including phenoxy) is 2. The molecule has 1 aromatic rings. The number of hydrogen-bond acceptors (Lipinski definition) is 3. The molecule has 0 aromatic carbocycles. The predicted molar refractivity (Wildman–Crippen MR) is 44.7 cm³/mol. The van der Waals surface area contributed by atoms with Gasteiger partial charge >= 0.3 is 0 Å². The largest absolute Gasteiger partial charge is 0.350 e. The maximum absolute atomic E-state index is 5.10. The molecular weight excluding hydrogens is 156 g/mol. The van der Waals surface area contributed by atoms with Gasteiger partial charge in [0.05, 0.1) is 5.69 Å². The number of aromatic nitrogens is 2. The van der Waals surface area contributed by atoms with Crippen LogP contribution in [0, 0.1) is 0 Å². The van der Waals surface area contributed by atoms with Crippen LogP contribution in [0.2, 0.25) is 0 Å². The quantitative estimate of drug-likeness (QED) is 0.637. The van der Waals surface area contributed by atoms with E-state index in [2.05, 4.69) is 5.10 Å². The molecule has 1 aromatic heterocycles. The van der Waals surface area contributed by atoms with Crippen LogP contribution in [0.25, 0.3) is 0 Å². The van der Waals surface area contributed by atoms with E-state index in [0.717, 1.165) is 12.2 Å². The van der Waals surface area contributed by atoms with Gasteiger partial charge in [0.15, 0.2) is 6.29 Å².